The topological polar surface area (TPSA) is 26.7 Å². The van der Waals surface area contributed by atoms with E-state index >= 15 is 0 Å². The summed E-state index contributed by atoms with van der Waals surface area (Å²) in [5.74, 6) is 0.464. The second-order valence-corrected chi connectivity index (χ2v) is 6.16. The highest BCUT2D eigenvalue weighted by Gasteiger charge is 2.33. The van der Waals surface area contributed by atoms with Crippen molar-refractivity contribution in [1.82, 2.24) is 4.90 Å². The summed E-state index contributed by atoms with van der Waals surface area (Å²) in [6, 6.07) is 0.897. The lowest BCUT2D eigenvalue weighted by atomic mass is 9.84. The number of nitrogens with zero attached hydrogens (tertiary/aromatic N) is 2. The summed E-state index contributed by atoms with van der Waals surface area (Å²) in [5.41, 5.74) is 5.86. The van der Waals surface area contributed by atoms with Crippen molar-refractivity contribution in [2.45, 2.75) is 46.2 Å². The van der Waals surface area contributed by atoms with Crippen LogP contribution in [0.5, 0.6) is 5.75 Å². The van der Waals surface area contributed by atoms with Gasteiger partial charge in [-0.3, -0.25) is 0 Å². The molecule has 3 heteroatoms. The van der Waals surface area contributed by atoms with Crippen LogP contribution in [0.15, 0.2) is 0 Å². The van der Waals surface area contributed by atoms with E-state index in [9.17, 15) is 5.11 Å². The predicted molar refractivity (Wildman–Crippen MR) is 81.2 cm³/mol. The number of aromatic hydroxyl groups is 1. The smallest absolute Gasteiger partial charge is 0.122 e. The number of benzene rings is 1. The van der Waals surface area contributed by atoms with Gasteiger partial charge in [-0.25, -0.2) is 0 Å². The first-order valence-electron chi connectivity index (χ1n) is 6.99. The van der Waals surface area contributed by atoms with Crippen LogP contribution >= 0.6 is 0 Å². The molecule has 1 aromatic rings. The molecule has 0 fully saturated rings. The molecule has 1 N–H and O–H groups in total. The Bertz CT molecular complexity index is 508. The first-order valence-corrected chi connectivity index (χ1v) is 6.99. The molecule has 106 valence electrons. The van der Waals surface area contributed by atoms with Gasteiger partial charge in [-0.15, -0.1) is 0 Å². The van der Waals surface area contributed by atoms with Crippen LogP contribution in [-0.2, 0) is 0 Å². The zero-order valence-corrected chi connectivity index (χ0v) is 13.2. The molecule has 0 aliphatic carbocycles. The summed E-state index contributed by atoms with van der Waals surface area (Å²) in [7, 11) is 6.41. The van der Waals surface area contributed by atoms with E-state index in [4.69, 9.17) is 0 Å². The van der Waals surface area contributed by atoms with E-state index in [2.05, 4.69) is 44.8 Å². The molecule has 2 atom stereocenters. The summed E-state index contributed by atoms with van der Waals surface area (Å²) in [6.45, 7) is 8.45. The van der Waals surface area contributed by atoms with E-state index in [1.807, 2.05) is 13.8 Å². The summed E-state index contributed by atoms with van der Waals surface area (Å²) >= 11 is 0. The minimum absolute atomic E-state index is 0.381. The Kier molecular flexibility index (Phi) is 3.52. The third kappa shape index (κ3) is 2.00. The minimum Gasteiger partial charge on any atom is -0.507 e. The molecular weight excluding hydrogens is 236 g/mol. The Balaban J connectivity index is 2.78. The number of hydrogen-bond donors (Lipinski definition) is 1. The minimum atomic E-state index is 0.381. The normalized spacial score (nSPS) is 22.8. The van der Waals surface area contributed by atoms with Gasteiger partial charge in [0.25, 0.3) is 0 Å². The molecule has 2 unspecified atom stereocenters. The second-order valence-electron chi connectivity index (χ2n) is 6.16. The van der Waals surface area contributed by atoms with Crippen molar-refractivity contribution in [2.24, 2.45) is 0 Å². The number of fused-ring (bicyclic) bond motifs is 1. The lowest BCUT2D eigenvalue weighted by Gasteiger charge is -2.43. The van der Waals surface area contributed by atoms with Crippen LogP contribution in [0, 0.1) is 20.8 Å². The van der Waals surface area contributed by atoms with E-state index in [1.54, 1.807) is 0 Å². The van der Waals surface area contributed by atoms with Crippen molar-refractivity contribution in [3.8, 4) is 5.75 Å². The number of hydrogen-bond acceptors (Lipinski definition) is 3. The maximum absolute atomic E-state index is 10.4. The van der Waals surface area contributed by atoms with E-state index in [0.717, 1.165) is 17.5 Å². The lowest BCUT2D eigenvalue weighted by Crippen LogP contribution is -2.40. The molecule has 0 saturated carbocycles. The quantitative estimate of drug-likeness (QED) is 0.842. The SMILES string of the molecule is Cc1c(C)c2c(c(C)c1O)C(N(C)C)CC(C)N2C. The van der Waals surface area contributed by atoms with Crippen molar-refractivity contribution in [2.75, 3.05) is 26.0 Å². The first-order chi connectivity index (χ1) is 8.77. The summed E-state index contributed by atoms with van der Waals surface area (Å²) in [6.07, 6.45) is 1.10. The monoisotopic (exact) mass is 262 g/mol. The largest absolute Gasteiger partial charge is 0.507 e. The molecule has 0 amide bonds. The number of phenols is 1. The van der Waals surface area contributed by atoms with Crippen LogP contribution in [0.25, 0.3) is 0 Å². The average molecular weight is 262 g/mol. The Hall–Kier alpha value is -1.22. The van der Waals surface area contributed by atoms with Crippen molar-refractivity contribution >= 4 is 5.69 Å². The number of rotatable bonds is 1. The van der Waals surface area contributed by atoms with Crippen molar-refractivity contribution in [3.63, 3.8) is 0 Å². The van der Waals surface area contributed by atoms with Crippen LogP contribution in [0.3, 0.4) is 0 Å². The highest BCUT2D eigenvalue weighted by Crippen LogP contribution is 2.46. The molecule has 0 aromatic heterocycles. The molecule has 3 nitrogen and oxygen atoms in total. The van der Waals surface area contributed by atoms with Crippen LogP contribution in [0.4, 0.5) is 5.69 Å². The Morgan fingerprint density at radius 3 is 2.21 bits per heavy atom. The Labute approximate surface area is 116 Å². The Morgan fingerprint density at radius 2 is 1.68 bits per heavy atom. The van der Waals surface area contributed by atoms with Crippen molar-refractivity contribution in [3.05, 3.63) is 22.3 Å². The van der Waals surface area contributed by atoms with Crippen LogP contribution in [0.1, 0.15) is 41.6 Å². The van der Waals surface area contributed by atoms with Gasteiger partial charge in [0.2, 0.25) is 0 Å². The summed E-state index contributed by atoms with van der Waals surface area (Å²) in [5, 5.41) is 10.4. The van der Waals surface area contributed by atoms with Crippen molar-refractivity contribution < 1.29 is 5.11 Å². The molecule has 1 aliphatic heterocycles. The first kappa shape index (κ1) is 14.2. The van der Waals surface area contributed by atoms with Gasteiger partial charge in [0.15, 0.2) is 0 Å². The van der Waals surface area contributed by atoms with Crippen molar-refractivity contribution in [1.29, 1.82) is 0 Å². The van der Waals surface area contributed by atoms with Gasteiger partial charge in [-0.1, -0.05) is 0 Å². The van der Waals surface area contributed by atoms with Gasteiger partial charge >= 0.3 is 0 Å². The van der Waals surface area contributed by atoms with Gasteiger partial charge in [-0.2, -0.15) is 0 Å². The number of phenolic OH excluding ortho intramolecular Hbond substituents is 1. The molecule has 0 spiro atoms. The molecule has 0 saturated heterocycles. The predicted octanol–water partition coefficient (Wildman–Crippen LogP) is 3.15. The molecular formula is C16H26N2O. The Morgan fingerprint density at radius 1 is 1.11 bits per heavy atom. The van der Waals surface area contributed by atoms with Crippen LogP contribution in [-0.4, -0.2) is 37.2 Å². The highest BCUT2D eigenvalue weighted by molar-refractivity contribution is 5.70. The van der Waals surface area contributed by atoms with Gasteiger partial charge in [-0.05, 0) is 70.5 Å². The molecule has 0 radical (unpaired) electrons. The highest BCUT2D eigenvalue weighted by atomic mass is 16.3. The zero-order valence-electron chi connectivity index (χ0n) is 13.2. The second kappa shape index (κ2) is 4.71. The summed E-state index contributed by atoms with van der Waals surface area (Å²) < 4.78 is 0. The van der Waals surface area contributed by atoms with E-state index in [0.29, 0.717) is 17.8 Å². The van der Waals surface area contributed by atoms with E-state index in [1.165, 1.54) is 16.8 Å². The number of anilines is 1. The van der Waals surface area contributed by atoms with Gasteiger partial charge in [0.05, 0.1) is 0 Å². The third-order valence-corrected chi connectivity index (χ3v) is 4.82. The van der Waals surface area contributed by atoms with Gasteiger partial charge in [0, 0.05) is 24.8 Å². The molecule has 1 aliphatic rings. The molecule has 1 heterocycles. The van der Waals surface area contributed by atoms with Crippen LogP contribution < -0.4 is 4.90 Å². The fourth-order valence-corrected chi connectivity index (χ4v) is 3.29. The fourth-order valence-electron chi connectivity index (χ4n) is 3.29. The maximum Gasteiger partial charge on any atom is 0.122 e. The maximum atomic E-state index is 10.4. The average Bonchev–Trinajstić information content (AvgIpc) is 2.36. The van der Waals surface area contributed by atoms with E-state index < -0.39 is 0 Å². The lowest BCUT2D eigenvalue weighted by molar-refractivity contribution is 0.259. The third-order valence-electron chi connectivity index (χ3n) is 4.82. The molecule has 19 heavy (non-hydrogen) atoms. The molecule has 0 bridgehead atoms. The zero-order chi connectivity index (χ0) is 14.5. The summed E-state index contributed by atoms with van der Waals surface area (Å²) in [4.78, 5) is 4.63. The van der Waals surface area contributed by atoms with Crippen LogP contribution in [0.2, 0.25) is 0 Å². The fraction of sp³-hybridized carbons (Fsp3) is 0.625. The standard InChI is InChI=1S/C16H26N2O/c1-9-8-13(17(5)6)14-12(4)16(19)11(3)10(2)15(14)18(9)7/h9,13,19H,8H2,1-7H3. The molecule has 1 aromatic carbocycles. The van der Waals surface area contributed by atoms with E-state index in [-0.39, 0.29) is 0 Å². The van der Waals surface area contributed by atoms with Gasteiger partial charge in [0.1, 0.15) is 5.75 Å². The van der Waals surface area contributed by atoms with Gasteiger partial charge < -0.3 is 14.9 Å². The molecule has 2 rings (SSSR count).